The lowest BCUT2D eigenvalue weighted by molar-refractivity contribution is 0.556. The van der Waals surface area contributed by atoms with Crippen molar-refractivity contribution in [2.75, 3.05) is 13.1 Å². The zero-order valence-corrected chi connectivity index (χ0v) is 17.5. The Morgan fingerprint density at radius 1 is 0.562 bits per heavy atom. The lowest BCUT2D eigenvalue weighted by Crippen LogP contribution is -2.26. The van der Waals surface area contributed by atoms with E-state index in [2.05, 4.69) is 9.98 Å². The molecular formula is C22H22N4O6. The zero-order valence-electron chi connectivity index (χ0n) is 17.5. The fraction of sp³-hybridized carbons (Fsp3) is 0.455. The van der Waals surface area contributed by atoms with Gasteiger partial charge < -0.3 is 0 Å². The third-order valence-electron chi connectivity index (χ3n) is 5.49. The van der Waals surface area contributed by atoms with Crippen LogP contribution in [0.4, 0.5) is 0 Å². The van der Waals surface area contributed by atoms with E-state index in [1.165, 1.54) is 24.3 Å². The van der Waals surface area contributed by atoms with E-state index < -0.39 is 22.2 Å². The van der Waals surface area contributed by atoms with Crippen molar-refractivity contribution in [2.45, 2.75) is 51.6 Å². The number of fused-ring (bicyclic) bond motifs is 2. The molecule has 0 N–H and O–H groups in total. The van der Waals surface area contributed by atoms with Crippen molar-refractivity contribution in [3.05, 3.63) is 53.5 Å². The third-order valence-corrected chi connectivity index (χ3v) is 5.49. The van der Waals surface area contributed by atoms with Crippen LogP contribution in [0.5, 0.6) is 0 Å². The molecule has 10 nitrogen and oxygen atoms in total. The van der Waals surface area contributed by atoms with E-state index in [0.29, 0.717) is 51.6 Å². The largest absolute Gasteiger partial charge is 0.274 e. The fourth-order valence-electron chi connectivity index (χ4n) is 3.85. The van der Waals surface area contributed by atoms with E-state index in [1.807, 2.05) is 0 Å². The zero-order chi connectivity index (χ0) is 23.1. The topological polar surface area (TPSA) is 137 Å². The first-order chi connectivity index (χ1) is 15.5. The Hall–Kier alpha value is -3.74. The van der Waals surface area contributed by atoms with Gasteiger partial charge in [0.2, 0.25) is 12.2 Å². The van der Waals surface area contributed by atoms with E-state index in [1.54, 1.807) is 0 Å². The summed E-state index contributed by atoms with van der Waals surface area (Å²) in [6.07, 6.45) is 6.70. The molecular weight excluding hydrogens is 416 g/mol. The minimum atomic E-state index is -0.479. The first kappa shape index (κ1) is 22.9. The molecule has 0 saturated carbocycles. The third kappa shape index (κ3) is 4.61. The maximum Gasteiger partial charge on any atom is 0.261 e. The average Bonchev–Trinajstić information content (AvgIpc) is 3.16. The minimum Gasteiger partial charge on any atom is -0.274 e. The van der Waals surface area contributed by atoms with Crippen LogP contribution in [0, 0.1) is 0 Å². The standard InChI is InChI=1S/C22H22N4O6/c27-13-23-7-3-1-5-9-25-19(29)15-11-17-18(12-16(15)20(25)30)22(32)26(21(17)31)10-6-2-4-8-24-14-28/h11-12H,1-10H2. The maximum atomic E-state index is 12.7. The van der Waals surface area contributed by atoms with Crippen molar-refractivity contribution in [3.63, 3.8) is 0 Å². The van der Waals surface area contributed by atoms with Crippen molar-refractivity contribution >= 4 is 33.7 Å². The molecule has 0 fully saturated rings. The van der Waals surface area contributed by atoms with Gasteiger partial charge in [-0.3, -0.25) is 28.3 Å². The predicted molar refractivity (Wildman–Crippen MR) is 119 cm³/mol. The number of aliphatic imine (C=N–C) groups is 2. The molecule has 0 bridgehead atoms. The molecule has 3 aromatic rings. The molecule has 1 aromatic carbocycles. The van der Waals surface area contributed by atoms with Gasteiger partial charge in [-0.05, 0) is 50.7 Å². The number of benzene rings is 1. The smallest absolute Gasteiger partial charge is 0.261 e. The van der Waals surface area contributed by atoms with E-state index in [0.717, 1.165) is 9.13 Å². The molecule has 0 atom stereocenters. The lowest BCUT2D eigenvalue weighted by Gasteiger charge is -1.99. The molecule has 3 rings (SSSR count). The Kier molecular flexibility index (Phi) is 7.54. The molecule has 10 heteroatoms. The monoisotopic (exact) mass is 438 g/mol. The highest BCUT2D eigenvalue weighted by Crippen LogP contribution is 2.15. The first-order valence-corrected chi connectivity index (χ1v) is 10.5. The van der Waals surface area contributed by atoms with Gasteiger partial charge in [-0.2, -0.15) is 0 Å². The molecule has 0 aliphatic carbocycles. The van der Waals surface area contributed by atoms with Crippen molar-refractivity contribution in [2.24, 2.45) is 9.98 Å². The number of isocyanates is 2. The molecule has 0 aliphatic heterocycles. The van der Waals surface area contributed by atoms with Crippen molar-refractivity contribution < 1.29 is 9.59 Å². The highest BCUT2D eigenvalue weighted by molar-refractivity contribution is 5.97. The first-order valence-electron chi connectivity index (χ1n) is 10.5. The van der Waals surface area contributed by atoms with Crippen molar-refractivity contribution in [3.8, 4) is 0 Å². The summed E-state index contributed by atoms with van der Waals surface area (Å²) in [6.45, 7) is 1.13. The number of hydrogen-bond donors (Lipinski definition) is 0. The van der Waals surface area contributed by atoms with Crippen LogP contribution in [0.25, 0.3) is 21.5 Å². The Balaban J connectivity index is 1.84. The Bertz CT molecular complexity index is 1240. The van der Waals surface area contributed by atoms with Crippen LogP contribution >= 0.6 is 0 Å². The summed E-state index contributed by atoms with van der Waals surface area (Å²) >= 11 is 0. The second-order valence-electron chi connectivity index (χ2n) is 7.53. The molecule has 0 aliphatic rings. The van der Waals surface area contributed by atoms with E-state index >= 15 is 0 Å². The molecule has 0 amide bonds. The SMILES string of the molecule is O=C=NCCCCCn1c(=O)c2cc3c(=O)n(CCCCCN=C=O)c(=O)c3cc2c1=O. The highest BCUT2D eigenvalue weighted by Gasteiger charge is 2.19. The molecule has 32 heavy (non-hydrogen) atoms. The van der Waals surface area contributed by atoms with Crippen molar-refractivity contribution in [1.29, 1.82) is 0 Å². The number of unbranched alkanes of at least 4 members (excludes halogenated alkanes) is 4. The normalized spacial score (nSPS) is 11.0. The van der Waals surface area contributed by atoms with Crippen LogP contribution in [0.15, 0.2) is 41.3 Å². The Labute approximate surface area is 181 Å². The van der Waals surface area contributed by atoms with Gasteiger partial charge in [0.1, 0.15) is 0 Å². The van der Waals surface area contributed by atoms with Gasteiger partial charge in [-0.15, -0.1) is 0 Å². The summed E-state index contributed by atoms with van der Waals surface area (Å²) in [6, 6.07) is 2.70. The summed E-state index contributed by atoms with van der Waals surface area (Å²) in [7, 11) is 0. The van der Waals surface area contributed by atoms with Gasteiger partial charge in [0.15, 0.2) is 0 Å². The van der Waals surface area contributed by atoms with Crippen LogP contribution in [0.1, 0.15) is 38.5 Å². The summed E-state index contributed by atoms with van der Waals surface area (Å²) < 4.78 is 2.24. The van der Waals surface area contributed by atoms with Gasteiger partial charge in [0.05, 0.1) is 34.6 Å². The Morgan fingerprint density at radius 2 is 0.906 bits per heavy atom. The number of rotatable bonds is 12. The van der Waals surface area contributed by atoms with E-state index in [4.69, 9.17) is 0 Å². The maximum absolute atomic E-state index is 12.7. The van der Waals surface area contributed by atoms with E-state index in [-0.39, 0.29) is 34.6 Å². The molecule has 0 unspecified atom stereocenters. The molecule has 2 heterocycles. The van der Waals surface area contributed by atoms with E-state index in [9.17, 15) is 28.8 Å². The van der Waals surface area contributed by atoms with Crippen molar-refractivity contribution in [1.82, 2.24) is 9.13 Å². The van der Waals surface area contributed by atoms with Gasteiger partial charge in [-0.25, -0.2) is 19.6 Å². The fourth-order valence-corrected chi connectivity index (χ4v) is 3.85. The predicted octanol–water partition coefficient (Wildman–Crippen LogP) is 0.925. The minimum absolute atomic E-state index is 0.133. The summed E-state index contributed by atoms with van der Waals surface area (Å²) in [4.78, 5) is 77.9. The summed E-state index contributed by atoms with van der Waals surface area (Å²) in [5, 5.41) is 0.533. The van der Waals surface area contributed by atoms with Crippen LogP contribution in [0.2, 0.25) is 0 Å². The second kappa shape index (κ2) is 10.5. The van der Waals surface area contributed by atoms with Crippen LogP contribution in [-0.4, -0.2) is 34.4 Å². The number of carbonyl (C=O) groups excluding carboxylic acids is 2. The van der Waals surface area contributed by atoms with Crippen LogP contribution in [-0.2, 0) is 22.7 Å². The summed E-state index contributed by atoms with van der Waals surface area (Å²) in [5.74, 6) is 0. The molecule has 166 valence electrons. The lowest BCUT2D eigenvalue weighted by atomic mass is 10.1. The van der Waals surface area contributed by atoms with Gasteiger partial charge in [0, 0.05) is 13.1 Å². The van der Waals surface area contributed by atoms with Gasteiger partial charge in [0.25, 0.3) is 22.2 Å². The van der Waals surface area contributed by atoms with Gasteiger partial charge in [-0.1, -0.05) is 0 Å². The average molecular weight is 438 g/mol. The molecule has 2 aromatic heterocycles. The number of hydrogen-bond acceptors (Lipinski definition) is 8. The molecule has 0 saturated heterocycles. The molecule has 0 spiro atoms. The van der Waals surface area contributed by atoms with Crippen LogP contribution < -0.4 is 22.2 Å². The second-order valence-corrected chi connectivity index (χ2v) is 7.53. The van der Waals surface area contributed by atoms with Gasteiger partial charge >= 0.3 is 0 Å². The summed E-state index contributed by atoms with van der Waals surface area (Å²) in [5.41, 5.74) is -1.91. The highest BCUT2D eigenvalue weighted by atomic mass is 16.2. The van der Waals surface area contributed by atoms with Crippen LogP contribution in [0.3, 0.4) is 0 Å². The molecule has 0 radical (unpaired) electrons. The quantitative estimate of drug-likeness (QED) is 0.234. The number of nitrogens with zero attached hydrogens (tertiary/aromatic N) is 4. The number of aromatic nitrogens is 2. The Morgan fingerprint density at radius 3 is 1.22 bits per heavy atom.